The Bertz CT molecular complexity index is 813. The maximum atomic E-state index is 12.6. The van der Waals surface area contributed by atoms with Gasteiger partial charge < -0.3 is 16.0 Å². The third-order valence-electron chi connectivity index (χ3n) is 4.00. The van der Waals surface area contributed by atoms with Crippen molar-refractivity contribution in [2.24, 2.45) is 0 Å². The Hall–Kier alpha value is -2.02. The van der Waals surface area contributed by atoms with Gasteiger partial charge in [-0.2, -0.15) is 0 Å². The average molecular weight is 392 g/mol. The third kappa shape index (κ3) is 4.58. The molecule has 7 heteroatoms. The van der Waals surface area contributed by atoms with Gasteiger partial charge in [-0.1, -0.05) is 25.1 Å². The number of carbonyl (C=O) groups excluding carboxylic acids is 2. The molecule has 1 atom stereocenters. The van der Waals surface area contributed by atoms with Crippen LogP contribution in [0.3, 0.4) is 0 Å². The van der Waals surface area contributed by atoms with Crippen molar-refractivity contribution >= 4 is 47.4 Å². The Morgan fingerprint density at radius 1 is 1.23 bits per heavy atom. The highest BCUT2D eigenvalue weighted by Gasteiger charge is 2.23. The first-order valence-electron chi connectivity index (χ1n) is 8.30. The molecule has 0 aliphatic carbocycles. The van der Waals surface area contributed by atoms with Crippen LogP contribution in [0.25, 0.3) is 0 Å². The lowest BCUT2D eigenvalue weighted by molar-refractivity contribution is -0.115. The van der Waals surface area contributed by atoms with E-state index in [1.807, 2.05) is 44.2 Å². The van der Waals surface area contributed by atoms with E-state index in [0.717, 1.165) is 22.7 Å². The molecule has 2 aromatic carbocycles. The number of rotatable bonds is 5. The van der Waals surface area contributed by atoms with E-state index in [4.69, 9.17) is 0 Å². The van der Waals surface area contributed by atoms with E-state index in [2.05, 4.69) is 16.0 Å². The van der Waals surface area contributed by atoms with Crippen LogP contribution in [-0.2, 0) is 11.3 Å². The summed E-state index contributed by atoms with van der Waals surface area (Å²) in [5, 5.41) is 8.97. The second-order valence-corrected chi connectivity index (χ2v) is 7.23. The van der Waals surface area contributed by atoms with E-state index in [9.17, 15) is 9.59 Å². The van der Waals surface area contributed by atoms with Gasteiger partial charge in [0.25, 0.3) is 5.91 Å². The van der Waals surface area contributed by atoms with Crippen molar-refractivity contribution in [2.75, 3.05) is 17.2 Å². The van der Waals surface area contributed by atoms with E-state index in [1.165, 1.54) is 11.8 Å². The fraction of sp³-hybridized carbons (Fsp3) is 0.263. The van der Waals surface area contributed by atoms with Crippen LogP contribution >= 0.6 is 24.2 Å². The molecular formula is C19H22ClN3O2S. The molecule has 2 aromatic rings. The minimum Gasteiger partial charge on any atom is -0.324 e. The van der Waals surface area contributed by atoms with Crippen molar-refractivity contribution in [3.05, 3.63) is 53.6 Å². The van der Waals surface area contributed by atoms with E-state index < -0.39 is 0 Å². The Morgan fingerprint density at radius 2 is 2.00 bits per heavy atom. The molecular weight excluding hydrogens is 370 g/mol. The summed E-state index contributed by atoms with van der Waals surface area (Å²) >= 11 is 1.50. The smallest absolute Gasteiger partial charge is 0.255 e. The van der Waals surface area contributed by atoms with Crippen molar-refractivity contribution in [3.8, 4) is 0 Å². The van der Waals surface area contributed by atoms with Crippen LogP contribution < -0.4 is 16.0 Å². The van der Waals surface area contributed by atoms with Crippen LogP contribution in [0.2, 0.25) is 0 Å². The zero-order valence-corrected chi connectivity index (χ0v) is 16.3. The number of halogens is 1. The molecule has 1 unspecified atom stereocenters. The SMILES string of the molecule is CCNCc1ccccc1NC(=O)c1ccc2c(c1)NC(=O)C(C)S2.Cl. The van der Waals surface area contributed by atoms with Crippen LogP contribution in [0.15, 0.2) is 47.4 Å². The van der Waals surface area contributed by atoms with Gasteiger partial charge in [-0.25, -0.2) is 0 Å². The number of nitrogens with one attached hydrogen (secondary N) is 3. The molecule has 3 rings (SSSR count). The number of anilines is 2. The molecule has 0 spiro atoms. The van der Waals surface area contributed by atoms with Crippen molar-refractivity contribution in [1.29, 1.82) is 0 Å². The predicted octanol–water partition coefficient (Wildman–Crippen LogP) is 3.90. The lowest BCUT2D eigenvalue weighted by Crippen LogP contribution is -2.26. The summed E-state index contributed by atoms with van der Waals surface area (Å²) in [5.41, 5.74) is 3.04. The van der Waals surface area contributed by atoms with E-state index in [0.29, 0.717) is 17.8 Å². The Labute approximate surface area is 163 Å². The second-order valence-electron chi connectivity index (χ2n) is 5.85. The normalized spacial score (nSPS) is 15.5. The topological polar surface area (TPSA) is 70.2 Å². The molecule has 1 heterocycles. The minimum absolute atomic E-state index is 0. The number of thioether (sulfide) groups is 1. The summed E-state index contributed by atoms with van der Waals surface area (Å²) in [6, 6.07) is 13.1. The van der Waals surface area contributed by atoms with Gasteiger partial charge in [0.15, 0.2) is 0 Å². The Kier molecular flexibility index (Phi) is 7.08. The van der Waals surface area contributed by atoms with Crippen LogP contribution in [0.5, 0.6) is 0 Å². The van der Waals surface area contributed by atoms with Crippen molar-refractivity contribution in [2.45, 2.75) is 30.5 Å². The molecule has 0 aromatic heterocycles. The Balaban J connectivity index is 0.00000243. The fourth-order valence-corrected chi connectivity index (χ4v) is 3.53. The largest absolute Gasteiger partial charge is 0.324 e. The molecule has 1 aliphatic heterocycles. The van der Waals surface area contributed by atoms with Gasteiger partial charge in [0, 0.05) is 22.7 Å². The monoisotopic (exact) mass is 391 g/mol. The van der Waals surface area contributed by atoms with Gasteiger partial charge in [0.1, 0.15) is 0 Å². The van der Waals surface area contributed by atoms with E-state index in [-0.39, 0.29) is 29.5 Å². The van der Waals surface area contributed by atoms with Crippen LogP contribution in [0, 0.1) is 0 Å². The van der Waals surface area contributed by atoms with Gasteiger partial charge in [-0.15, -0.1) is 24.2 Å². The third-order valence-corrected chi connectivity index (χ3v) is 5.18. The lowest BCUT2D eigenvalue weighted by atomic mass is 10.1. The van der Waals surface area contributed by atoms with E-state index in [1.54, 1.807) is 12.1 Å². The first-order valence-corrected chi connectivity index (χ1v) is 9.18. The molecule has 1 aliphatic rings. The molecule has 0 fully saturated rings. The van der Waals surface area contributed by atoms with Gasteiger partial charge >= 0.3 is 0 Å². The predicted molar refractivity (Wildman–Crippen MR) is 109 cm³/mol. The standard InChI is InChI=1S/C19H21N3O2S.ClH/c1-3-20-11-14-6-4-5-7-15(14)21-19(24)13-8-9-17-16(10-13)22-18(23)12(2)25-17;/h4-10,12,20H,3,11H2,1-2H3,(H,21,24)(H,22,23);1H. The maximum Gasteiger partial charge on any atom is 0.255 e. The summed E-state index contributed by atoms with van der Waals surface area (Å²) in [7, 11) is 0. The van der Waals surface area contributed by atoms with Gasteiger partial charge in [0.05, 0.1) is 10.9 Å². The van der Waals surface area contributed by atoms with Crippen LogP contribution in [0.4, 0.5) is 11.4 Å². The van der Waals surface area contributed by atoms with Crippen molar-refractivity contribution in [3.63, 3.8) is 0 Å². The molecule has 2 amide bonds. The van der Waals surface area contributed by atoms with Gasteiger partial charge in [-0.05, 0) is 43.3 Å². The fourth-order valence-electron chi connectivity index (χ4n) is 2.60. The number of benzene rings is 2. The first-order chi connectivity index (χ1) is 12.1. The molecule has 26 heavy (non-hydrogen) atoms. The zero-order valence-electron chi connectivity index (χ0n) is 14.7. The second kappa shape index (κ2) is 9.07. The summed E-state index contributed by atoms with van der Waals surface area (Å²) in [6.07, 6.45) is 0. The highest BCUT2D eigenvalue weighted by Crippen LogP contribution is 2.36. The number of para-hydroxylation sites is 1. The molecule has 0 radical (unpaired) electrons. The van der Waals surface area contributed by atoms with Crippen LogP contribution in [-0.4, -0.2) is 23.6 Å². The quantitative estimate of drug-likeness (QED) is 0.722. The maximum absolute atomic E-state index is 12.6. The summed E-state index contributed by atoms with van der Waals surface area (Å²) in [4.78, 5) is 25.4. The first kappa shape index (κ1) is 20.3. The van der Waals surface area contributed by atoms with E-state index >= 15 is 0 Å². The molecule has 138 valence electrons. The van der Waals surface area contributed by atoms with Crippen LogP contribution in [0.1, 0.15) is 29.8 Å². The van der Waals surface area contributed by atoms with Gasteiger partial charge in [-0.3, -0.25) is 9.59 Å². The number of hydrogen-bond donors (Lipinski definition) is 3. The highest BCUT2D eigenvalue weighted by atomic mass is 35.5. The number of amides is 2. The number of hydrogen-bond acceptors (Lipinski definition) is 4. The Morgan fingerprint density at radius 3 is 2.77 bits per heavy atom. The number of carbonyl (C=O) groups is 2. The van der Waals surface area contributed by atoms with Crippen molar-refractivity contribution in [1.82, 2.24) is 5.32 Å². The lowest BCUT2D eigenvalue weighted by Gasteiger charge is -2.21. The average Bonchev–Trinajstić information content (AvgIpc) is 2.61. The highest BCUT2D eigenvalue weighted by molar-refractivity contribution is 8.00. The summed E-state index contributed by atoms with van der Waals surface area (Å²) in [6.45, 7) is 5.47. The minimum atomic E-state index is -0.190. The molecule has 0 bridgehead atoms. The molecule has 0 saturated carbocycles. The molecule has 5 nitrogen and oxygen atoms in total. The molecule has 0 saturated heterocycles. The van der Waals surface area contributed by atoms with Gasteiger partial charge in [0.2, 0.25) is 5.91 Å². The number of fused-ring (bicyclic) bond motifs is 1. The molecule has 3 N–H and O–H groups in total. The summed E-state index contributed by atoms with van der Waals surface area (Å²) in [5.74, 6) is -0.226. The summed E-state index contributed by atoms with van der Waals surface area (Å²) < 4.78 is 0. The zero-order chi connectivity index (χ0) is 17.8. The van der Waals surface area contributed by atoms with Crippen molar-refractivity contribution < 1.29 is 9.59 Å².